The average molecular weight is 484 g/mol. The first-order valence-electron chi connectivity index (χ1n) is 7.59. The highest BCUT2D eigenvalue weighted by molar-refractivity contribution is 9.11. The van der Waals surface area contributed by atoms with Crippen molar-refractivity contribution in [2.45, 2.75) is 11.1 Å². The van der Waals surface area contributed by atoms with Crippen LogP contribution in [-0.2, 0) is 19.6 Å². The summed E-state index contributed by atoms with van der Waals surface area (Å²) in [6, 6.07) is 10.5. The minimum atomic E-state index is -3.91. The second kappa shape index (κ2) is 9.01. The number of halogens is 1. The van der Waals surface area contributed by atoms with Crippen LogP contribution in [0.3, 0.4) is 0 Å². The van der Waals surface area contributed by atoms with Gasteiger partial charge in [-0.15, -0.1) is 11.3 Å². The van der Waals surface area contributed by atoms with Crippen molar-refractivity contribution in [3.63, 3.8) is 0 Å². The molecule has 0 atom stereocenters. The van der Waals surface area contributed by atoms with Crippen LogP contribution in [0.1, 0.15) is 17.3 Å². The Balaban J connectivity index is 2.20. The summed E-state index contributed by atoms with van der Waals surface area (Å²) in [5.74, 6) is -1.68. The van der Waals surface area contributed by atoms with Crippen LogP contribution in [0.25, 0.3) is 0 Å². The maximum Gasteiger partial charge on any atom is 0.340 e. The van der Waals surface area contributed by atoms with E-state index in [0.717, 1.165) is 11.3 Å². The predicted octanol–water partition coefficient (Wildman–Crippen LogP) is 2.79. The van der Waals surface area contributed by atoms with E-state index in [9.17, 15) is 18.0 Å². The molecule has 0 amide bonds. The highest BCUT2D eigenvalue weighted by atomic mass is 79.9. The summed E-state index contributed by atoms with van der Waals surface area (Å²) in [5.41, 5.74) is 5.06. The molecule has 0 aliphatic rings. The summed E-state index contributed by atoms with van der Waals surface area (Å²) in [6.45, 7) is 0.681. The Morgan fingerprint density at radius 3 is 2.54 bits per heavy atom. The number of sulfonamides is 1. The van der Waals surface area contributed by atoms with Crippen LogP contribution >= 0.6 is 27.3 Å². The van der Waals surface area contributed by atoms with Crippen LogP contribution in [0, 0.1) is 11.3 Å². The van der Waals surface area contributed by atoms with Crippen molar-refractivity contribution in [3.8, 4) is 6.07 Å². The van der Waals surface area contributed by atoms with Gasteiger partial charge in [-0.05, 0) is 47.1 Å². The third kappa shape index (κ3) is 5.19. The summed E-state index contributed by atoms with van der Waals surface area (Å²) in [5, 5.41) is 8.90. The van der Waals surface area contributed by atoms with E-state index in [1.807, 2.05) is 0 Å². The highest BCUT2D eigenvalue weighted by Crippen LogP contribution is 2.28. The van der Waals surface area contributed by atoms with E-state index >= 15 is 0 Å². The predicted molar refractivity (Wildman–Crippen MR) is 107 cm³/mol. The molecule has 1 aromatic carbocycles. The van der Waals surface area contributed by atoms with Gasteiger partial charge >= 0.3 is 5.97 Å². The molecule has 1 heterocycles. The van der Waals surface area contributed by atoms with Crippen LogP contribution in [-0.4, -0.2) is 26.8 Å². The molecule has 11 heteroatoms. The number of carbonyl (C=O) groups excluding carboxylic acids is 2. The fourth-order valence-corrected chi connectivity index (χ4v) is 5.13. The van der Waals surface area contributed by atoms with Crippen LogP contribution < -0.4 is 10.5 Å². The molecular formula is C17H14BrN3O5S2. The van der Waals surface area contributed by atoms with Gasteiger partial charge in [0.25, 0.3) is 10.0 Å². The number of benzene rings is 1. The van der Waals surface area contributed by atoms with Gasteiger partial charge in [0.2, 0.25) is 5.78 Å². The molecule has 0 fully saturated rings. The fraction of sp³-hybridized carbons (Fsp3) is 0.118. The molecule has 146 valence electrons. The quantitative estimate of drug-likeness (QED) is 0.350. The zero-order valence-corrected chi connectivity index (χ0v) is 17.7. The Bertz CT molecular complexity index is 1100. The number of nitrogens with two attached hydrogens (primary N) is 1. The van der Waals surface area contributed by atoms with Gasteiger partial charge in [0.05, 0.1) is 15.0 Å². The number of carbonyl (C=O) groups is 2. The molecule has 2 aromatic rings. The monoisotopic (exact) mass is 483 g/mol. The number of ether oxygens (including phenoxy) is 1. The first-order valence-corrected chi connectivity index (χ1v) is 10.7. The second-order valence-corrected chi connectivity index (χ2v) is 9.75. The van der Waals surface area contributed by atoms with Crippen molar-refractivity contribution >= 4 is 54.7 Å². The van der Waals surface area contributed by atoms with E-state index in [2.05, 4.69) is 20.7 Å². The molecule has 0 radical (unpaired) electrons. The molecule has 0 saturated heterocycles. The Kier molecular flexibility index (Phi) is 6.95. The first-order chi connectivity index (χ1) is 13.2. The van der Waals surface area contributed by atoms with E-state index in [1.54, 1.807) is 18.2 Å². The Labute approximate surface area is 173 Å². The summed E-state index contributed by atoms with van der Waals surface area (Å²) >= 11 is 4.20. The SMILES string of the molecule is C/C(N)=C(/C#N)C(=O)COC(=O)c1ccccc1NS(=O)(=O)c1ccc(Br)s1. The van der Waals surface area contributed by atoms with Gasteiger partial charge in [-0.1, -0.05) is 12.1 Å². The number of esters is 1. The van der Waals surface area contributed by atoms with Gasteiger partial charge in [-0.2, -0.15) is 5.26 Å². The van der Waals surface area contributed by atoms with E-state index in [4.69, 9.17) is 15.7 Å². The number of hydrogen-bond donors (Lipinski definition) is 2. The van der Waals surface area contributed by atoms with Crippen LogP contribution in [0.15, 0.2) is 55.7 Å². The highest BCUT2D eigenvalue weighted by Gasteiger charge is 2.22. The topological polar surface area (TPSA) is 139 Å². The molecule has 0 unspecified atom stereocenters. The van der Waals surface area contributed by atoms with Gasteiger partial charge in [-0.3, -0.25) is 9.52 Å². The molecule has 0 spiro atoms. The zero-order valence-electron chi connectivity index (χ0n) is 14.4. The van der Waals surface area contributed by atoms with Crippen molar-refractivity contribution in [3.05, 3.63) is 57.0 Å². The molecule has 3 N–H and O–H groups in total. The lowest BCUT2D eigenvalue weighted by Gasteiger charge is -2.11. The van der Waals surface area contributed by atoms with E-state index in [-0.39, 0.29) is 26.7 Å². The van der Waals surface area contributed by atoms with Crippen LogP contribution in [0.2, 0.25) is 0 Å². The molecule has 0 saturated carbocycles. The molecule has 0 bridgehead atoms. The van der Waals surface area contributed by atoms with Gasteiger partial charge in [0.15, 0.2) is 6.61 Å². The lowest BCUT2D eigenvalue weighted by atomic mass is 10.1. The van der Waals surface area contributed by atoms with Crippen molar-refractivity contribution in [1.29, 1.82) is 5.26 Å². The van der Waals surface area contributed by atoms with Gasteiger partial charge in [-0.25, -0.2) is 13.2 Å². The van der Waals surface area contributed by atoms with Crippen molar-refractivity contribution in [2.24, 2.45) is 5.73 Å². The number of nitriles is 1. The number of anilines is 1. The minimum Gasteiger partial charge on any atom is -0.454 e. The summed E-state index contributed by atoms with van der Waals surface area (Å²) < 4.78 is 32.9. The van der Waals surface area contributed by atoms with Crippen LogP contribution in [0.4, 0.5) is 5.69 Å². The van der Waals surface area contributed by atoms with Crippen molar-refractivity contribution in [1.82, 2.24) is 0 Å². The standard InChI is InChI=1S/C17H14BrN3O5S2/c1-10(20)12(8-19)14(22)9-26-17(23)11-4-2-3-5-13(11)21-28(24,25)16-7-6-15(18)27-16/h2-7,21H,9,20H2,1H3/b12-10+. The summed E-state index contributed by atoms with van der Waals surface area (Å²) in [7, 11) is -3.91. The lowest BCUT2D eigenvalue weighted by molar-refractivity contribution is -0.118. The Hall–Kier alpha value is -2.68. The van der Waals surface area contributed by atoms with Gasteiger partial charge in [0.1, 0.15) is 15.9 Å². The normalized spacial score (nSPS) is 11.9. The molecule has 1 aromatic heterocycles. The molecule has 0 aliphatic carbocycles. The van der Waals surface area contributed by atoms with E-state index in [1.165, 1.54) is 31.2 Å². The maximum absolute atomic E-state index is 12.5. The number of ketones is 1. The molecule has 0 aliphatic heterocycles. The fourth-order valence-electron chi connectivity index (χ4n) is 2.04. The third-order valence-electron chi connectivity index (χ3n) is 3.32. The zero-order chi connectivity index (χ0) is 20.9. The maximum atomic E-state index is 12.5. The number of thiophene rings is 1. The minimum absolute atomic E-state index is 0.00414. The number of allylic oxidation sites excluding steroid dienone is 1. The van der Waals surface area contributed by atoms with Gasteiger partial charge in [0, 0.05) is 5.70 Å². The number of para-hydroxylation sites is 1. The van der Waals surface area contributed by atoms with Crippen molar-refractivity contribution < 1.29 is 22.7 Å². The molecule has 8 nitrogen and oxygen atoms in total. The Morgan fingerprint density at radius 1 is 1.29 bits per heavy atom. The Morgan fingerprint density at radius 2 is 1.96 bits per heavy atom. The second-order valence-electron chi connectivity index (χ2n) is 5.38. The number of nitrogens with one attached hydrogen (secondary N) is 1. The van der Waals surface area contributed by atoms with Gasteiger partial charge < -0.3 is 10.5 Å². The average Bonchev–Trinajstić information content (AvgIpc) is 3.07. The number of nitrogens with zero attached hydrogens (tertiary/aromatic N) is 1. The summed E-state index contributed by atoms with van der Waals surface area (Å²) in [6.07, 6.45) is 0. The largest absolute Gasteiger partial charge is 0.454 e. The summed E-state index contributed by atoms with van der Waals surface area (Å²) in [4.78, 5) is 24.2. The van der Waals surface area contributed by atoms with Crippen molar-refractivity contribution in [2.75, 3.05) is 11.3 Å². The molecular weight excluding hydrogens is 470 g/mol. The third-order valence-corrected chi connectivity index (χ3v) is 6.81. The first kappa shape index (κ1) is 21.6. The smallest absolute Gasteiger partial charge is 0.340 e. The number of rotatable bonds is 7. The van der Waals surface area contributed by atoms with E-state index in [0.29, 0.717) is 3.79 Å². The lowest BCUT2D eigenvalue weighted by Crippen LogP contribution is -2.19. The van der Waals surface area contributed by atoms with Crippen LogP contribution in [0.5, 0.6) is 0 Å². The molecule has 2 rings (SSSR count). The molecule has 28 heavy (non-hydrogen) atoms. The van der Waals surface area contributed by atoms with E-state index < -0.39 is 28.4 Å². The number of hydrogen-bond acceptors (Lipinski definition) is 8. The number of Topliss-reactive ketones (excluding diaryl/α,β-unsaturated/α-hetero) is 1.